The van der Waals surface area contributed by atoms with Crippen molar-refractivity contribution in [3.8, 4) is 0 Å². The Labute approximate surface area is 131 Å². The Hall–Kier alpha value is -1.89. The van der Waals surface area contributed by atoms with E-state index in [1.165, 1.54) is 12.1 Å². The van der Waals surface area contributed by atoms with Crippen molar-refractivity contribution in [2.24, 2.45) is 0 Å². The monoisotopic (exact) mass is 326 g/mol. The summed E-state index contributed by atoms with van der Waals surface area (Å²) in [6, 6.07) is 5.79. The minimum absolute atomic E-state index is 0.181. The molecule has 0 aliphatic carbocycles. The molecule has 2 N–H and O–H groups in total. The largest absolute Gasteiger partial charge is 0.355 e. The summed E-state index contributed by atoms with van der Waals surface area (Å²) < 4.78 is 24.2. The second kappa shape index (κ2) is 7.93. The number of rotatable bonds is 7. The Balaban J connectivity index is 2.56. The van der Waals surface area contributed by atoms with Crippen LogP contribution >= 0.6 is 0 Å². The number of nitrogens with one attached hydrogen (secondary N) is 2. The fourth-order valence-electron chi connectivity index (χ4n) is 1.80. The number of sulfone groups is 1. The van der Waals surface area contributed by atoms with E-state index < -0.39 is 21.8 Å². The quantitative estimate of drug-likeness (QED) is 0.775. The highest BCUT2D eigenvalue weighted by Crippen LogP contribution is 2.13. The number of hydrogen-bond donors (Lipinski definition) is 2. The molecule has 1 rings (SSSR count). The zero-order valence-corrected chi connectivity index (χ0v) is 13.9. The van der Waals surface area contributed by atoms with Gasteiger partial charge >= 0.3 is 0 Å². The highest BCUT2D eigenvalue weighted by Gasteiger charge is 2.19. The molecule has 1 aromatic rings. The normalized spacial score (nSPS) is 12.5. The average molecular weight is 326 g/mol. The highest BCUT2D eigenvalue weighted by atomic mass is 32.2. The van der Waals surface area contributed by atoms with Gasteiger partial charge in [-0.1, -0.05) is 17.7 Å². The molecule has 0 heterocycles. The molecule has 22 heavy (non-hydrogen) atoms. The van der Waals surface area contributed by atoms with Crippen molar-refractivity contribution in [2.75, 3.05) is 12.3 Å². The lowest BCUT2D eigenvalue weighted by Gasteiger charge is -2.13. The lowest BCUT2D eigenvalue weighted by atomic mass is 10.2. The summed E-state index contributed by atoms with van der Waals surface area (Å²) in [6.45, 7) is 5.67. The van der Waals surface area contributed by atoms with E-state index in [9.17, 15) is 18.0 Å². The number of likely N-dealkylation sites (N-methyl/N-ethyl adjacent to an activating group) is 1. The Morgan fingerprint density at radius 2 is 1.77 bits per heavy atom. The topological polar surface area (TPSA) is 92.3 Å². The zero-order chi connectivity index (χ0) is 16.8. The molecule has 0 aliphatic heterocycles. The van der Waals surface area contributed by atoms with Crippen LogP contribution in [0.3, 0.4) is 0 Å². The first-order valence-corrected chi connectivity index (χ1v) is 8.78. The predicted molar refractivity (Wildman–Crippen MR) is 84.1 cm³/mol. The van der Waals surface area contributed by atoms with Gasteiger partial charge in [0, 0.05) is 13.0 Å². The van der Waals surface area contributed by atoms with Crippen molar-refractivity contribution in [3.63, 3.8) is 0 Å². The lowest BCUT2D eigenvalue weighted by molar-refractivity contribution is -0.128. The van der Waals surface area contributed by atoms with Gasteiger partial charge in [-0.25, -0.2) is 8.42 Å². The minimum atomic E-state index is -3.50. The smallest absolute Gasteiger partial charge is 0.242 e. The average Bonchev–Trinajstić information content (AvgIpc) is 2.46. The van der Waals surface area contributed by atoms with Crippen LogP contribution < -0.4 is 10.6 Å². The fraction of sp³-hybridized carbons (Fsp3) is 0.467. The van der Waals surface area contributed by atoms with E-state index in [0.29, 0.717) is 6.54 Å². The molecule has 0 saturated carbocycles. The molecule has 0 fully saturated rings. The number of benzene rings is 1. The molecule has 0 unspecified atom stereocenters. The molecule has 0 radical (unpaired) electrons. The van der Waals surface area contributed by atoms with Gasteiger partial charge < -0.3 is 10.6 Å². The molecule has 0 saturated heterocycles. The van der Waals surface area contributed by atoms with E-state index in [0.717, 1.165) is 5.56 Å². The number of carbonyl (C=O) groups is 2. The summed E-state index contributed by atoms with van der Waals surface area (Å²) in [5.74, 6) is -1.05. The van der Waals surface area contributed by atoms with Gasteiger partial charge in [-0.05, 0) is 32.9 Å². The highest BCUT2D eigenvalue weighted by molar-refractivity contribution is 7.91. The number of amides is 2. The Kier molecular flexibility index (Phi) is 6.55. The van der Waals surface area contributed by atoms with Gasteiger partial charge in [0.1, 0.15) is 6.04 Å². The lowest BCUT2D eigenvalue weighted by Crippen LogP contribution is -2.45. The van der Waals surface area contributed by atoms with Gasteiger partial charge in [-0.15, -0.1) is 0 Å². The van der Waals surface area contributed by atoms with Crippen molar-refractivity contribution in [1.82, 2.24) is 10.6 Å². The first-order valence-electron chi connectivity index (χ1n) is 7.12. The van der Waals surface area contributed by atoms with Crippen molar-refractivity contribution in [2.45, 2.75) is 38.1 Å². The minimum Gasteiger partial charge on any atom is -0.355 e. The van der Waals surface area contributed by atoms with E-state index in [2.05, 4.69) is 10.6 Å². The zero-order valence-electron chi connectivity index (χ0n) is 13.0. The van der Waals surface area contributed by atoms with E-state index in [1.54, 1.807) is 26.0 Å². The van der Waals surface area contributed by atoms with E-state index in [4.69, 9.17) is 0 Å². The molecule has 122 valence electrons. The van der Waals surface area contributed by atoms with Crippen LogP contribution in [-0.4, -0.2) is 38.6 Å². The molecular formula is C15H22N2O4S. The van der Waals surface area contributed by atoms with E-state index in [-0.39, 0.29) is 23.0 Å². The van der Waals surface area contributed by atoms with Gasteiger partial charge in [0.2, 0.25) is 11.8 Å². The molecule has 1 aromatic carbocycles. The molecule has 0 aliphatic rings. The van der Waals surface area contributed by atoms with E-state index >= 15 is 0 Å². The first-order chi connectivity index (χ1) is 10.3. The summed E-state index contributed by atoms with van der Waals surface area (Å²) in [4.78, 5) is 23.4. The Bertz CT molecular complexity index is 623. The first kappa shape index (κ1) is 18.2. The van der Waals surface area contributed by atoms with Gasteiger partial charge in [-0.2, -0.15) is 0 Å². The standard InChI is InChI=1S/C15H22N2O4S/c1-4-16-15(19)12(3)17-14(18)9-10-22(20,21)13-7-5-11(2)6-8-13/h5-8,12H,4,9-10H2,1-3H3,(H,16,19)(H,17,18)/t12-/m1/s1. The van der Waals surface area contributed by atoms with Crippen LogP contribution in [0.5, 0.6) is 0 Å². The fourth-order valence-corrected chi connectivity index (χ4v) is 3.04. The molecule has 1 atom stereocenters. The molecule has 7 heteroatoms. The van der Waals surface area contributed by atoms with E-state index in [1.807, 2.05) is 6.92 Å². The van der Waals surface area contributed by atoms with Crippen LogP contribution in [0.1, 0.15) is 25.8 Å². The van der Waals surface area contributed by atoms with Crippen LogP contribution in [0, 0.1) is 6.92 Å². The third-order valence-corrected chi connectivity index (χ3v) is 4.83. The van der Waals surface area contributed by atoms with Gasteiger partial charge in [0.15, 0.2) is 9.84 Å². The maximum atomic E-state index is 12.1. The third kappa shape index (κ3) is 5.48. The van der Waals surface area contributed by atoms with Crippen LogP contribution in [0.2, 0.25) is 0 Å². The number of aryl methyl sites for hydroxylation is 1. The second-order valence-corrected chi connectivity index (χ2v) is 7.17. The molecule has 0 spiro atoms. The molecule has 0 aromatic heterocycles. The van der Waals surface area contributed by atoms with Gasteiger partial charge in [0.05, 0.1) is 10.6 Å². The summed E-state index contributed by atoms with van der Waals surface area (Å²) in [6.07, 6.45) is -0.181. The summed E-state index contributed by atoms with van der Waals surface area (Å²) in [7, 11) is -3.50. The van der Waals surface area contributed by atoms with Gasteiger partial charge in [-0.3, -0.25) is 9.59 Å². The molecule has 0 bridgehead atoms. The Morgan fingerprint density at radius 3 is 2.32 bits per heavy atom. The van der Waals surface area contributed by atoms with Crippen LogP contribution in [0.25, 0.3) is 0 Å². The third-order valence-electron chi connectivity index (χ3n) is 3.10. The Morgan fingerprint density at radius 1 is 1.18 bits per heavy atom. The van der Waals surface area contributed by atoms with Crippen LogP contribution in [0.15, 0.2) is 29.2 Å². The van der Waals surface area contributed by atoms with Crippen molar-refractivity contribution in [3.05, 3.63) is 29.8 Å². The maximum absolute atomic E-state index is 12.1. The van der Waals surface area contributed by atoms with Crippen LogP contribution in [-0.2, 0) is 19.4 Å². The number of carbonyl (C=O) groups excluding carboxylic acids is 2. The summed E-state index contributed by atoms with van der Waals surface area (Å²) >= 11 is 0. The molecular weight excluding hydrogens is 304 g/mol. The summed E-state index contributed by atoms with van der Waals surface area (Å²) in [5, 5.41) is 5.06. The van der Waals surface area contributed by atoms with Crippen molar-refractivity contribution in [1.29, 1.82) is 0 Å². The van der Waals surface area contributed by atoms with Crippen molar-refractivity contribution >= 4 is 21.7 Å². The predicted octanol–water partition coefficient (Wildman–Crippen LogP) is 0.800. The SMILES string of the molecule is CCNC(=O)[C@@H](C)NC(=O)CCS(=O)(=O)c1ccc(C)cc1. The van der Waals surface area contributed by atoms with Crippen molar-refractivity contribution < 1.29 is 18.0 Å². The molecule has 6 nitrogen and oxygen atoms in total. The van der Waals surface area contributed by atoms with Crippen LogP contribution in [0.4, 0.5) is 0 Å². The van der Waals surface area contributed by atoms with Gasteiger partial charge in [0.25, 0.3) is 0 Å². The molecule has 2 amide bonds. The summed E-state index contributed by atoms with van der Waals surface area (Å²) in [5.41, 5.74) is 0.965. The maximum Gasteiger partial charge on any atom is 0.242 e. The number of hydrogen-bond acceptors (Lipinski definition) is 4. The second-order valence-electron chi connectivity index (χ2n) is 5.07.